The van der Waals surface area contributed by atoms with E-state index in [9.17, 15) is 0 Å². The summed E-state index contributed by atoms with van der Waals surface area (Å²) < 4.78 is 32.2. The van der Waals surface area contributed by atoms with Crippen molar-refractivity contribution in [2.75, 3.05) is 21.3 Å². The number of para-hydroxylation sites is 1. The number of rotatable bonds is 7. The monoisotopic (exact) mass is 444 g/mol. The molecule has 0 heterocycles. The summed E-state index contributed by atoms with van der Waals surface area (Å²) in [5.74, 6) is 1.88. The Bertz CT molecular complexity index is 1250. The Morgan fingerprint density at radius 3 is 1.66 bits per heavy atom. The van der Waals surface area contributed by atoms with Gasteiger partial charge in [0.05, 0.1) is 32.2 Å². The van der Waals surface area contributed by atoms with Crippen LogP contribution in [0.4, 0.5) is 0 Å². The molecule has 32 heavy (non-hydrogen) atoms. The lowest BCUT2D eigenvalue weighted by Crippen LogP contribution is -2.27. The summed E-state index contributed by atoms with van der Waals surface area (Å²) in [6.07, 6.45) is 0. The Balaban J connectivity index is 2.11. The molecule has 0 radical (unpaired) electrons. The molecule has 0 unspecified atom stereocenters. The Kier molecular flexibility index (Phi) is 6.34. The second-order valence-corrected chi connectivity index (χ2v) is 9.87. The van der Waals surface area contributed by atoms with Crippen LogP contribution >= 0.6 is 7.14 Å². The third-order valence-corrected chi connectivity index (χ3v) is 8.63. The van der Waals surface area contributed by atoms with Gasteiger partial charge in [0.1, 0.15) is 17.2 Å². The fourth-order valence-corrected chi connectivity index (χ4v) is 7.01. The summed E-state index contributed by atoms with van der Waals surface area (Å²) in [5, 5.41) is 2.07. The fraction of sp³-hybridized carbons (Fsp3) is 0.111. The number of methoxy groups -OCH3 is 3. The van der Waals surface area contributed by atoms with E-state index < -0.39 is 7.14 Å². The van der Waals surface area contributed by atoms with Gasteiger partial charge in [0.2, 0.25) is 0 Å². The lowest BCUT2D eigenvalue weighted by molar-refractivity contribution is 0.397. The topological polar surface area (TPSA) is 44.8 Å². The van der Waals surface area contributed by atoms with Gasteiger partial charge in [0.25, 0.3) is 0 Å². The van der Waals surface area contributed by atoms with Crippen LogP contribution in [-0.2, 0) is 4.57 Å². The molecule has 5 heteroatoms. The second-order valence-electron chi connectivity index (χ2n) is 7.17. The quantitative estimate of drug-likeness (QED) is 0.376. The van der Waals surface area contributed by atoms with E-state index >= 15 is 4.57 Å². The highest BCUT2D eigenvalue weighted by Gasteiger charge is 2.35. The first kappa shape index (κ1) is 21.7. The van der Waals surface area contributed by atoms with Crippen LogP contribution in [0.15, 0.2) is 97.1 Å². The average molecular weight is 444 g/mol. The van der Waals surface area contributed by atoms with E-state index in [4.69, 9.17) is 14.2 Å². The molecule has 1 atom stereocenters. The van der Waals surface area contributed by atoms with Crippen molar-refractivity contribution in [3.63, 3.8) is 0 Å². The maximum Gasteiger partial charge on any atom is 0.175 e. The highest BCUT2D eigenvalue weighted by Crippen LogP contribution is 2.49. The van der Waals surface area contributed by atoms with Gasteiger partial charge < -0.3 is 18.8 Å². The van der Waals surface area contributed by atoms with Crippen molar-refractivity contribution in [2.45, 2.75) is 0 Å². The van der Waals surface area contributed by atoms with Gasteiger partial charge >= 0.3 is 0 Å². The van der Waals surface area contributed by atoms with Crippen molar-refractivity contribution < 1.29 is 18.8 Å². The minimum Gasteiger partial charge on any atom is -0.496 e. The van der Waals surface area contributed by atoms with E-state index in [-0.39, 0.29) is 0 Å². The zero-order valence-electron chi connectivity index (χ0n) is 18.3. The Morgan fingerprint density at radius 1 is 0.531 bits per heavy atom. The summed E-state index contributed by atoms with van der Waals surface area (Å²) in [7, 11) is 1.52. The Labute approximate surface area is 188 Å². The van der Waals surface area contributed by atoms with Crippen LogP contribution in [0.2, 0.25) is 0 Å². The molecule has 0 aromatic heterocycles. The molecule has 0 fully saturated rings. The van der Waals surface area contributed by atoms with E-state index in [2.05, 4.69) is 0 Å². The number of ether oxygens (including phenoxy) is 3. The van der Waals surface area contributed by atoms with Gasteiger partial charge in [0.15, 0.2) is 7.14 Å². The molecular weight excluding hydrogens is 419 g/mol. The maximum absolute atomic E-state index is 15.2. The molecule has 0 aliphatic carbocycles. The summed E-state index contributed by atoms with van der Waals surface area (Å²) in [6, 6.07) is 30.4. The third-order valence-electron chi connectivity index (χ3n) is 5.48. The zero-order valence-corrected chi connectivity index (χ0v) is 19.2. The summed E-state index contributed by atoms with van der Waals surface area (Å²) in [5.41, 5.74) is 1.55. The smallest absolute Gasteiger partial charge is 0.175 e. The van der Waals surface area contributed by atoms with E-state index in [0.717, 1.165) is 16.4 Å². The minimum absolute atomic E-state index is 0.585. The van der Waals surface area contributed by atoms with Crippen molar-refractivity contribution in [3.8, 4) is 28.4 Å². The Morgan fingerprint density at radius 2 is 1.03 bits per heavy atom. The molecule has 0 saturated carbocycles. The van der Waals surface area contributed by atoms with Crippen LogP contribution in [0.5, 0.6) is 17.2 Å². The summed E-state index contributed by atoms with van der Waals surface area (Å²) in [6.45, 7) is 0. The number of hydrogen-bond acceptors (Lipinski definition) is 4. The van der Waals surface area contributed by atoms with Crippen molar-refractivity contribution >= 4 is 23.1 Å². The first-order valence-electron chi connectivity index (χ1n) is 10.2. The molecule has 4 nitrogen and oxygen atoms in total. The maximum atomic E-state index is 15.2. The largest absolute Gasteiger partial charge is 0.496 e. The van der Waals surface area contributed by atoms with E-state index in [1.165, 1.54) is 0 Å². The van der Waals surface area contributed by atoms with Gasteiger partial charge in [-0.05, 0) is 24.3 Å². The molecule has 0 aliphatic heterocycles. The van der Waals surface area contributed by atoms with Crippen LogP contribution in [0.1, 0.15) is 0 Å². The molecule has 4 aromatic rings. The fourth-order valence-electron chi connectivity index (χ4n) is 4.01. The highest BCUT2D eigenvalue weighted by atomic mass is 31.2. The average Bonchev–Trinajstić information content (AvgIpc) is 2.88. The van der Waals surface area contributed by atoms with Gasteiger partial charge in [-0.1, -0.05) is 72.8 Å². The predicted molar refractivity (Wildman–Crippen MR) is 131 cm³/mol. The number of benzene rings is 4. The summed E-state index contributed by atoms with van der Waals surface area (Å²) >= 11 is 0. The first-order valence-corrected chi connectivity index (χ1v) is 12.0. The summed E-state index contributed by atoms with van der Waals surface area (Å²) in [4.78, 5) is 0. The first-order chi connectivity index (χ1) is 15.6. The van der Waals surface area contributed by atoms with Crippen LogP contribution in [0.25, 0.3) is 11.1 Å². The molecular formula is C27H25O4P. The van der Waals surface area contributed by atoms with Gasteiger partial charge in [-0.2, -0.15) is 0 Å². The minimum atomic E-state index is -3.33. The molecule has 0 bridgehead atoms. The highest BCUT2D eigenvalue weighted by molar-refractivity contribution is 7.85. The molecule has 0 saturated heterocycles. The van der Waals surface area contributed by atoms with E-state index in [0.29, 0.717) is 27.9 Å². The van der Waals surface area contributed by atoms with Gasteiger partial charge in [-0.15, -0.1) is 0 Å². The lowest BCUT2D eigenvalue weighted by atomic mass is 10.0. The third kappa shape index (κ3) is 3.68. The number of hydrogen-bond donors (Lipinski definition) is 0. The zero-order chi connectivity index (χ0) is 22.6. The van der Waals surface area contributed by atoms with E-state index in [1.807, 2.05) is 97.1 Å². The lowest BCUT2D eigenvalue weighted by Gasteiger charge is -2.25. The predicted octanol–water partition coefficient (Wildman–Crippen LogP) is 5.02. The van der Waals surface area contributed by atoms with E-state index in [1.54, 1.807) is 21.3 Å². The molecule has 162 valence electrons. The van der Waals surface area contributed by atoms with Crippen LogP contribution < -0.4 is 30.1 Å². The van der Waals surface area contributed by atoms with Gasteiger partial charge in [-0.25, -0.2) is 0 Å². The van der Waals surface area contributed by atoms with Gasteiger partial charge in [0, 0.05) is 16.2 Å². The van der Waals surface area contributed by atoms with Crippen LogP contribution in [-0.4, -0.2) is 21.3 Å². The second kappa shape index (κ2) is 9.33. The van der Waals surface area contributed by atoms with Crippen LogP contribution in [0, 0.1) is 0 Å². The normalized spacial score (nSPS) is 12.6. The molecule has 4 aromatic carbocycles. The molecule has 0 amide bonds. The standard InChI is InChI=1S/C27H25O4P/c1-29-22-15-8-10-19-26(22)32(28,20-12-5-4-6-13-20)25-18-9-7-14-21(25)27-23(30-2)16-11-17-24(27)31-3/h4-19H,1-3H3/t32-/m0/s1. The molecule has 0 N–H and O–H groups in total. The van der Waals surface area contributed by atoms with Crippen molar-refractivity contribution in [2.24, 2.45) is 0 Å². The van der Waals surface area contributed by atoms with Gasteiger partial charge in [-0.3, -0.25) is 0 Å². The van der Waals surface area contributed by atoms with Crippen molar-refractivity contribution in [1.29, 1.82) is 0 Å². The molecule has 0 aliphatic rings. The van der Waals surface area contributed by atoms with Crippen molar-refractivity contribution in [3.05, 3.63) is 97.1 Å². The van der Waals surface area contributed by atoms with Crippen molar-refractivity contribution in [1.82, 2.24) is 0 Å². The molecule has 0 spiro atoms. The molecule has 4 rings (SSSR count). The Hall–Kier alpha value is -3.49. The SMILES string of the molecule is COc1ccccc1[P@](=O)(c1ccccc1)c1ccccc1-c1c(OC)cccc1OC. The van der Waals surface area contributed by atoms with Crippen LogP contribution in [0.3, 0.4) is 0 Å².